The van der Waals surface area contributed by atoms with Crippen LogP contribution in [0.3, 0.4) is 0 Å². The summed E-state index contributed by atoms with van der Waals surface area (Å²) in [4.78, 5) is 4.59. The SMILES string of the molecule is CN=C(NCCCn1cccn1)NCc1ccc(S(=O)(=O)N2CCCCC2)cc1. The molecule has 0 bridgehead atoms. The van der Waals surface area contributed by atoms with Gasteiger partial charge in [-0.1, -0.05) is 18.6 Å². The van der Waals surface area contributed by atoms with Crippen molar-refractivity contribution in [3.05, 3.63) is 48.3 Å². The predicted molar refractivity (Wildman–Crippen MR) is 114 cm³/mol. The van der Waals surface area contributed by atoms with E-state index in [-0.39, 0.29) is 0 Å². The molecule has 9 heteroatoms. The average Bonchev–Trinajstić information content (AvgIpc) is 3.28. The Hall–Kier alpha value is -2.39. The Morgan fingerprint density at radius 2 is 1.90 bits per heavy atom. The van der Waals surface area contributed by atoms with Crippen LogP contribution in [0.2, 0.25) is 0 Å². The van der Waals surface area contributed by atoms with E-state index in [1.54, 1.807) is 29.7 Å². The fraction of sp³-hybridized carbons (Fsp3) is 0.500. The van der Waals surface area contributed by atoms with E-state index in [1.165, 1.54) is 0 Å². The van der Waals surface area contributed by atoms with Crippen LogP contribution >= 0.6 is 0 Å². The third kappa shape index (κ3) is 6.04. The van der Waals surface area contributed by atoms with Crippen molar-refractivity contribution in [2.75, 3.05) is 26.7 Å². The molecule has 0 saturated carbocycles. The van der Waals surface area contributed by atoms with Gasteiger partial charge in [-0.3, -0.25) is 9.67 Å². The van der Waals surface area contributed by atoms with Crippen molar-refractivity contribution in [1.82, 2.24) is 24.7 Å². The number of rotatable bonds is 8. The Morgan fingerprint density at radius 3 is 2.55 bits per heavy atom. The second-order valence-electron chi connectivity index (χ2n) is 7.08. The van der Waals surface area contributed by atoms with Gasteiger partial charge in [0.05, 0.1) is 4.90 Å². The summed E-state index contributed by atoms with van der Waals surface area (Å²) in [7, 11) is -1.65. The zero-order valence-electron chi connectivity index (χ0n) is 16.9. The van der Waals surface area contributed by atoms with Crippen molar-refractivity contribution in [3.63, 3.8) is 0 Å². The highest BCUT2D eigenvalue weighted by Gasteiger charge is 2.25. The topological polar surface area (TPSA) is 91.6 Å². The molecule has 1 aromatic heterocycles. The molecule has 1 aliphatic heterocycles. The number of nitrogens with one attached hydrogen (secondary N) is 2. The van der Waals surface area contributed by atoms with E-state index in [0.717, 1.165) is 50.3 Å². The van der Waals surface area contributed by atoms with Gasteiger partial charge in [-0.2, -0.15) is 9.40 Å². The minimum atomic E-state index is -3.38. The van der Waals surface area contributed by atoms with E-state index < -0.39 is 10.0 Å². The highest BCUT2D eigenvalue weighted by Crippen LogP contribution is 2.20. The number of aromatic nitrogens is 2. The lowest BCUT2D eigenvalue weighted by Gasteiger charge is -2.25. The lowest BCUT2D eigenvalue weighted by Crippen LogP contribution is -2.37. The maximum atomic E-state index is 12.7. The van der Waals surface area contributed by atoms with Crippen LogP contribution in [0.5, 0.6) is 0 Å². The van der Waals surface area contributed by atoms with Gasteiger partial charge in [-0.25, -0.2) is 8.42 Å². The number of piperidine rings is 1. The van der Waals surface area contributed by atoms with Crippen molar-refractivity contribution in [1.29, 1.82) is 0 Å². The molecule has 2 N–H and O–H groups in total. The van der Waals surface area contributed by atoms with Gasteiger partial charge in [-0.15, -0.1) is 0 Å². The Kier molecular flexibility index (Phi) is 7.65. The van der Waals surface area contributed by atoms with Crippen LogP contribution in [-0.2, 0) is 23.1 Å². The van der Waals surface area contributed by atoms with Gasteiger partial charge in [0.15, 0.2) is 5.96 Å². The zero-order valence-corrected chi connectivity index (χ0v) is 17.7. The Labute approximate surface area is 173 Å². The van der Waals surface area contributed by atoms with Crippen LogP contribution < -0.4 is 10.6 Å². The highest BCUT2D eigenvalue weighted by molar-refractivity contribution is 7.89. The van der Waals surface area contributed by atoms with E-state index in [9.17, 15) is 8.42 Å². The molecule has 2 aromatic rings. The first kappa shape index (κ1) is 21.3. The third-order valence-corrected chi connectivity index (χ3v) is 6.89. The van der Waals surface area contributed by atoms with Crippen LogP contribution in [-0.4, -0.2) is 55.1 Å². The summed E-state index contributed by atoms with van der Waals surface area (Å²) in [5.74, 6) is 0.718. The molecule has 3 rings (SSSR count). The summed E-state index contributed by atoms with van der Waals surface area (Å²) >= 11 is 0. The molecule has 0 amide bonds. The fourth-order valence-electron chi connectivity index (χ4n) is 3.32. The quantitative estimate of drug-likeness (QED) is 0.388. The van der Waals surface area contributed by atoms with Crippen LogP contribution in [0.4, 0.5) is 0 Å². The van der Waals surface area contributed by atoms with Crippen LogP contribution in [0.15, 0.2) is 52.6 Å². The number of nitrogens with zero attached hydrogens (tertiary/aromatic N) is 4. The highest BCUT2D eigenvalue weighted by atomic mass is 32.2. The lowest BCUT2D eigenvalue weighted by atomic mass is 10.2. The Balaban J connectivity index is 1.46. The molecule has 0 atom stereocenters. The minimum Gasteiger partial charge on any atom is -0.356 e. The van der Waals surface area contributed by atoms with Gasteiger partial charge in [0.1, 0.15) is 0 Å². The molecule has 0 unspecified atom stereocenters. The number of aryl methyl sites for hydroxylation is 1. The summed E-state index contributed by atoms with van der Waals surface area (Å²) in [6.45, 7) is 3.45. The Bertz CT molecular complexity index is 872. The summed E-state index contributed by atoms with van der Waals surface area (Å²) in [6, 6.07) is 9.02. The fourth-order valence-corrected chi connectivity index (χ4v) is 4.84. The largest absolute Gasteiger partial charge is 0.356 e. The molecule has 1 aliphatic rings. The number of hydrogen-bond acceptors (Lipinski definition) is 4. The van der Waals surface area contributed by atoms with Gasteiger partial charge >= 0.3 is 0 Å². The first-order valence-electron chi connectivity index (χ1n) is 10.1. The molecule has 0 radical (unpaired) electrons. The number of aliphatic imine (C=N–C) groups is 1. The van der Waals surface area contributed by atoms with Gasteiger partial charge < -0.3 is 10.6 Å². The van der Waals surface area contributed by atoms with Crippen LogP contribution in [0.25, 0.3) is 0 Å². The summed E-state index contributed by atoms with van der Waals surface area (Å²) in [6.07, 6.45) is 7.64. The maximum absolute atomic E-state index is 12.7. The molecular formula is C20H30N6O2S. The monoisotopic (exact) mass is 418 g/mol. The summed E-state index contributed by atoms with van der Waals surface area (Å²) < 4.78 is 28.9. The second kappa shape index (κ2) is 10.4. The molecule has 1 fully saturated rings. The summed E-state index contributed by atoms with van der Waals surface area (Å²) in [5.41, 5.74) is 1.00. The van der Waals surface area contributed by atoms with E-state index in [1.807, 2.05) is 29.1 Å². The molecule has 1 aromatic carbocycles. The van der Waals surface area contributed by atoms with Crippen LogP contribution in [0, 0.1) is 0 Å². The number of guanidine groups is 1. The van der Waals surface area contributed by atoms with Crippen molar-refractivity contribution in [2.24, 2.45) is 4.99 Å². The summed E-state index contributed by atoms with van der Waals surface area (Å²) in [5, 5.41) is 10.7. The van der Waals surface area contributed by atoms with Gasteiger partial charge in [-0.05, 0) is 43.0 Å². The average molecular weight is 419 g/mol. The van der Waals surface area contributed by atoms with Gasteiger partial charge in [0.2, 0.25) is 10.0 Å². The standard InChI is InChI=1S/C20H30N6O2S/c1-21-20(22-11-5-13-25-14-6-12-24-25)23-17-18-7-9-19(10-8-18)29(27,28)26-15-3-2-4-16-26/h6-10,12,14H,2-5,11,13,15-17H2,1H3,(H2,21,22,23). The van der Waals surface area contributed by atoms with E-state index >= 15 is 0 Å². The minimum absolute atomic E-state index is 0.365. The second-order valence-corrected chi connectivity index (χ2v) is 9.02. The van der Waals surface area contributed by atoms with Crippen molar-refractivity contribution in [3.8, 4) is 0 Å². The maximum Gasteiger partial charge on any atom is 0.243 e. The predicted octanol–water partition coefficient (Wildman–Crippen LogP) is 1.81. The third-order valence-electron chi connectivity index (χ3n) is 4.98. The number of sulfonamides is 1. The van der Waals surface area contributed by atoms with Crippen molar-refractivity contribution in [2.45, 2.75) is 43.7 Å². The lowest BCUT2D eigenvalue weighted by molar-refractivity contribution is 0.346. The number of hydrogen-bond donors (Lipinski definition) is 2. The van der Waals surface area contributed by atoms with Crippen LogP contribution in [0.1, 0.15) is 31.2 Å². The van der Waals surface area contributed by atoms with Crippen molar-refractivity contribution >= 4 is 16.0 Å². The van der Waals surface area contributed by atoms with Crippen molar-refractivity contribution < 1.29 is 8.42 Å². The molecule has 158 valence electrons. The first-order valence-corrected chi connectivity index (χ1v) is 11.5. The first-order chi connectivity index (χ1) is 14.1. The molecular weight excluding hydrogens is 388 g/mol. The van der Waals surface area contributed by atoms with Gasteiger partial charge in [0.25, 0.3) is 0 Å². The number of benzene rings is 1. The van der Waals surface area contributed by atoms with E-state index in [0.29, 0.717) is 24.5 Å². The zero-order chi connectivity index (χ0) is 20.5. The molecule has 29 heavy (non-hydrogen) atoms. The Morgan fingerprint density at radius 1 is 1.14 bits per heavy atom. The smallest absolute Gasteiger partial charge is 0.243 e. The molecule has 0 aliphatic carbocycles. The van der Waals surface area contributed by atoms with E-state index in [4.69, 9.17) is 0 Å². The normalized spacial score (nSPS) is 16.0. The van der Waals surface area contributed by atoms with Gasteiger partial charge in [0, 0.05) is 52.2 Å². The molecule has 2 heterocycles. The molecule has 0 spiro atoms. The van der Waals surface area contributed by atoms with E-state index in [2.05, 4.69) is 20.7 Å². The molecule has 1 saturated heterocycles. The molecule has 8 nitrogen and oxygen atoms in total.